The van der Waals surface area contributed by atoms with E-state index in [1.807, 2.05) is 0 Å². The Morgan fingerprint density at radius 2 is 2.05 bits per heavy atom. The predicted molar refractivity (Wildman–Crippen MR) is 69.0 cm³/mol. The largest absolute Gasteiger partial charge is 0.586 e. The number of benzene rings is 1. The van der Waals surface area contributed by atoms with E-state index in [-0.39, 0.29) is 17.4 Å². The maximum absolute atomic E-state index is 13.0. The molecule has 3 heterocycles. The van der Waals surface area contributed by atoms with Gasteiger partial charge in [-0.1, -0.05) is 0 Å². The van der Waals surface area contributed by atoms with Crippen molar-refractivity contribution in [2.75, 3.05) is 5.32 Å². The number of fused-ring (bicyclic) bond motifs is 2. The molecule has 22 heavy (non-hydrogen) atoms. The summed E-state index contributed by atoms with van der Waals surface area (Å²) in [6.07, 6.45) is -1.03. The number of carbonyl (C=O) groups excluding carboxylic acids is 1. The van der Waals surface area contributed by atoms with Gasteiger partial charge in [0, 0.05) is 12.1 Å². The lowest BCUT2D eigenvalue weighted by molar-refractivity contribution is -0.286. The van der Waals surface area contributed by atoms with Gasteiger partial charge in [0.1, 0.15) is 6.26 Å². The van der Waals surface area contributed by atoms with E-state index >= 15 is 0 Å². The van der Waals surface area contributed by atoms with E-state index in [4.69, 9.17) is 4.42 Å². The minimum atomic E-state index is -3.68. The highest BCUT2D eigenvalue weighted by Crippen LogP contribution is 2.42. The van der Waals surface area contributed by atoms with Gasteiger partial charge in [-0.3, -0.25) is 10.1 Å². The topological polar surface area (TPSA) is 89.4 Å². The van der Waals surface area contributed by atoms with Crippen molar-refractivity contribution in [2.45, 2.75) is 6.29 Å². The molecule has 1 aliphatic heterocycles. The molecular formula is C13H7F2N3O4. The molecule has 0 atom stereocenters. The van der Waals surface area contributed by atoms with Gasteiger partial charge in [-0.25, -0.2) is 4.98 Å². The number of amides is 1. The van der Waals surface area contributed by atoms with Gasteiger partial charge in [0.2, 0.25) is 5.95 Å². The summed E-state index contributed by atoms with van der Waals surface area (Å²) in [4.78, 5) is 18.7. The van der Waals surface area contributed by atoms with Crippen LogP contribution in [-0.4, -0.2) is 22.2 Å². The lowest BCUT2D eigenvalue weighted by atomic mass is 10.3. The number of halogens is 2. The Bertz CT molecular complexity index is 828. The van der Waals surface area contributed by atoms with E-state index in [9.17, 15) is 13.6 Å². The molecule has 7 nitrogen and oxygen atoms in total. The van der Waals surface area contributed by atoms with Crippen molar-refractivity contribution in [1.82, 2.24) is 9.97 Å². The van der Waals surface area contributed by atoms with Crippen LogP contribution in [0.4, 0.5) is 14.7 Å². The number of imidazole rings is 1. The molecule has 0 unspecified atom stereocenters. The van der Waals surface area contributed by atoms with Gasteiger partial charge in [-0.2, -0.15) is 0 Å². The van der Waals surface area contributed by atoms with Crippen molar-refractivity contribution in [3.05, 3.63) is 36.3 Å². The number of hydrogen-bond donors (Lipinski definition) is 2. The molecule has 2 aromatic heterocycles. The summed E-state index contributed by atoms with van der Waals surface area (Å²) in [5, 5.41) is 2.53. The highest BCUT2D eigenvalue weighted by molar-refractivity contribution is 6.03. The average molecular weight is 307 g/mol. The molecule has 9 heteroatoms. The zero-order valence-corrected chi connectivity index (χ0v) is 10.7. The van der Waals surface area contributed by atoms with Gasteiger partial charge in [-0.05, 0) is 6.07 Å². The fourth-order valence-electron chi connectivity index (χ4n) is 2.09. The molecule has 0 spiro atoms. The van der Waals surface area contributed by atoms with Crippen molar-refractivity contribution in [3.8, 4) is 11.5 Å². The summed E-state index contributed by atoms with van der Waals surface area (Å²) >= 11 is 0. The third-order valence-corrected chi connectivity index (χ3v) is 3.02. The minimum absolute atomic E-state index is 0.103. The second-order valence-corrected chi connectivity index (χ2v) is 4.54. The number of H-pyrrole nitrogens is 1. The van der Waals surface area contributed by atoms with Gasteiger partial charge in [-0.15, -0.1) is 8.78 Å². The summed E-state index contributed by atoms with van der Waals surface area (Å²) in [5.74, 6) is -0.471. The summed E-state index contributed by atoms with van der Waals surface area (Å²) in [5.41, 5.74) is 1.10. The van der Waals surface area contributed by atoms with Crippen molar-refractivity contribution in [3.63, 3.8) is 0 Å². The van der Waals surface area contributed by atoms with Crippen LogP contribution >= 0.6 is 0 Å². The van der Waals surface area contributed by atoms with E-state index in [2.05, 4.69) is 24.8 Å². The normalized spacial score (nSPS) is 15.2. The van der Waals surface area contributed by atoms with Crippen LogP contribution in [0.5, 0.6) is 11.5 Å². The lowest BCUT2D eigenvalue weighted by Gasteiger charge is -2.04. The molecule has 4 rings (SSSR count). The fourth-order valence-corrected chi connectivity index (χ4v) is 2.09. The SMILES string of the molecule is O=C(Nc1nc2cc3c(cc2[nH]1)OC(F)(F)O3)c1ccoc1. The Balaban J connectivity index is 1.64. The first kappa shape index (κ1) is 12.6. The van der Waals surface area contributed by atoms with Crippen molar-refractivity contribution in [1.29, 1.82) is 0 Å². The smallest absolute Gasteiger partial charge is 0.472 e. The quantitative estimate of drug-likeness (QED) is 0.760. The first-order chi connectivity index (χ1) is 10.5. The van der Waals surface area contributed by atoms with Gasteiger partial charge in [0.05, 0.1) is 22.9 Å². The van der Waals surface area contributed by atoms with Crippen LogP contribution in [0.1, 0.15) is 10.4 Å². The monoisotopic (exact) mass is 307 g/mol. The minimum Gasteiger partial charge on any atom is -0.472 e. The standard InChI is InChI=1S/C13H7F2N3O4/c14-13(15)21-9-3-7-8(4-10(9)22-13)17-12(16-7)18-11(19)6-1-2-20-5-6/h1-5H,(H2,16,17,18,19). The molecule has 0 saturated heterocycles. The number of anilines is 1. The average Bonchev–Trinajstić information content (AvgIpc) is 3.11. The van der Waals surface area contributed by atoms with E-state index in [0.29, 0.717) is 16.6 Å². The van der Waals surface area contributed by atoms with Crippen LogP contribution in [0.15, 0.2) is 35.1 Å². The van der Waals surface area contributed by atoms with Crippen LogP contribution in [-0.2, 0) is 0 Å². The number of alkyl halides is 2. The number of rotatable bonds is 2. The van der Waals surface area contributed by atoms with E-state index in [1.54, 1.807) is 0 Å². The number of nitrogens with one attached hydrogen (secondary N) is 2. The molecule has 1 aromatic carbocycles. The molecule has 112 valence electrons. The van der Waals surface area contributed by atoms with Crippen molar-refractivity contribution in [2.24, 2.45) is 0 Å². The van der Waals surface area contributed by atoms with Gasteiger partial charge in [0.15, 0.2) is 11.5 Å². The maximum Gasteiger partial charge on any atom is 0.586 e. The molecule has 0 radical (unpaired) electrons. The van der Waals surface area contributed by atoms with Crippen molar-refractivity contribution < 1.29 is 27.5 Å². The predicted octanol–water partition coefficient (Wildman–Crippen LogP) is 2.73. The zero-order chi connectivity index (χ0) is 15.3. The maximum atomic E-state index is 13.0. The summed E-state index contributed by atoms with van der Waals surface area (Å²) in [6.45, 7) is 0. The Morgan fingerprint density at radius 1 is 1.27 bits per heavy atom. The van der Waals surface area contributed by atoms with Crippen LogP contribution in [0.25, 0.3) is 11.0 Å². The van der Waals surface area contributed by atoms with Crippen LogP contribution in [0, 0.1) is 0 Å². The molecule has 0 bridgehead atoms. The number of carbonyl (C=O) groups is 1. The van der Waals surface area contributed by atoms with Gasteiger partial charge in [0.25, 0.3) is 5.91 Å². The lowest BCUT2D eigenvalue weighted by Crippen LogP contribution is -2.25. The Hall–Kier alpha value is -3.10. The Labute approximate surface area is 120 Å². The molecule has 0 aliphatic carbocycles. The zero-order valence-electron chi connectivity index (χ0n) is 10.7. The second kappa shape index (κ2) is 4.20. The van der Waals surface area contributed by atoms with Gasteiger partial charge >= 0.3 is 6.29 Å². The highest BCUT2D eigenvalue weighted by Gasteiger charge is 2.43. The number of aromatic nitrogens is 2. The van der Waals surface area contributed by atoms with Crippen molar-refractivity contribution >= 4 is 22.9 Å². The number of ether oxygens (including phenoxy) is 2. The third kappa shape index (κ3) is 2.03. The van der Waals surface area contributed by atoms with Crippen LogP contribution in [0.3, 0.4) is 0 Å². The van der Waals surface area contributed by atoms with Gasteiger partial charge < -0.3 is 18.9 Å². The Morgan fingerprint density at radius 3 is 2.77 bits per heavy atom. The summed E-state index contributed by atoms with van der Waals surface area (Å²) in [7, 11) is 0. The highest BCUT2D eigenvalue weighted by atomic mass is 19.3. The van der Waals surface area contributed by atoms with Crippen LogP contribution < -0.4 is 14.8 Å². The third-order valence-electron chi connectivity index (χ3n) is 3.02. The number of furan rings is 1. The number of nitrogens with zero attached hydrogens (tertiary/aromatic N) is 1. The number of aromatic amines is 1. The van der Waals surface area contributed by atoms with E-state index in [1.165, 1.54) is 30.7 Å². The first-order valence-corrected chi connectivity index (χ1v) is 6.13. The fraction of sp³-hybridized carbons (Fsp3) is 0.0769. The number of hydrogen-bond acceptors (Lipinski definition) is 5. The summed E-state index contributed by atoms with van der Waals surface area (Å²) < 4.78 is 39.4. The van der Waals surface area contributed by atoms with E-state index < -0.39 is 12.2 Å². The molecule has 3 aromatic rings. The molecule has 2 N–H and O–H groups in total. The Kier molecular flexibility index (Phi) is 2.41. The molecule has 1 aliphatic rings. The molecule has 1 amide bonds. The molecule has 0 fully saturated rings. The van der Waals surface area contributed by atoms with E-state index in [0.717, 1.165) is 0 Å². The molecular weight excluding hydrogens is 300 g/mol. The first-order valence-electron chi connectivity index (χ1n) is 6.13. The second-order valence-electron chi connectivity index (χ2n) is 4.54. The molecule has 0 saturated carbocycles. The summed E-state index contributed by atoms with van der Waals surface area (Å²) in [6, 6.07) is 4.12. The van der Waals surface area contributed by atoms with Crippen LogP contribution in [0.2, 0.25) is 0 Å².